The van der Waals surface area contributed by atoms with Crippen molar-refractivity contribution in [3.8, 4) is 0 Å². The summed E-state index contributed by atoms with van der Waals surface area (Å²) >= 11 is 12.8. The first kappa shape index (κ1) is 22.1. The highest BCUT2D eigenvalue weighted by Gasteiger charge is 2.41. The van der Waals surface area contributed by atoms with Crippen molar-refractivity contribution in [3.05, 3.63) is 64.4 Å². The number of fused-ring (bicyclic) bond motifs is 1. The minimum Gasteiger partial charge on any atom is -0.365 e. The molecule has 1 saturated heterocycles. The van der Waals surface area contributed by atoms with Gasteiger partial charge in [0.05, 0.1) is 23.3 Å². The highest BCUT2D eigenvalue weighted by molar-refractivity contribution is 7.80. The van der Waals surface area contributed by atoms with Gasteiger partial charge in [0.25, 0.3) is 0 Å². The highest BCUT2D eigenvalue weighted by Crippen LogP contribution is 2.46. The number of unbranched alkanes of at least 4 members (excludes halogenated alkanes) is 1. The summed E-state index contributed by atoms with van der Waals surface area (Å²) in [6.07, 6.45) is 6.35. The van der Waals surface area contributed by atoms with Gasteiger partial charge < -0.3 is 15.1 Å². The lowest BCUT2D eigenvalue weighted by atomic mass is 9.86. The molecule has 3 heterocycles. The van der Waals surface area contributed by atoms with Crippen LogP contribution in [-0.4, -0.2) is 34.1 Å². The number of pyridine rings is 1. The fourth-order valence-corrected chi connectivity index (χ4v) is 5.33. The lowest BCUT2D eigenvalue weighted by Gasteiger charge is -2.41. The normalized spacial score (nSPS) is 22.3. The number of thiocarbonyl (C=S) groups is 1. The zero-order chi connectivity index (χ0) is 22.3. The quantitative estimate of drug-likeness (QED) is 0.548. The minimum absolute atomic E-state index is 0.000192. The predicted octanol–water partition coefficient (Wildman–Crippen LogP) is 6.14. The second-order valence-electron chi connectivity index (χ2n) is 9.10. The van der Waals surface area contributed by atoms with Crippen molar-refractivity contribution in [2.24, 2.45) is 0 Å². The third-order valence-electron chi connectivity index (χ3n) is 6.60. The summed E-state index contributed by atoms with van der Waals surface area (Å²) < 4.78 is 0. The summed E-state index contributed by atoms with van der Waals surface area (Å²) in [5, 5.41) is 5.07. The van der Waals surface area contributed by atoms with Crippen molar-refractivity contribution in [1.82, 2.24) is 15.2 Å². The van der Waals surface area contributed by atoms with E-state index in [4.69, 9.17) is 23.8 Å². The maximum absolute atomic E-state index is 6.98. The highest BCUT2D eigenvalue weighted by atomic mass is 35.5. The molecule has 31 heavy (non-hydrogen) atoms. The van der Waals surface area contributed by atoms with Crippen LogP contribution in [0.4, 0.5) is 5.69 Å². The second-order valence-corrected chi connectivity index (χ2v) is 9.90. The molecule has 2 aliphatic heterocycles. The van der Waals surface area contributed by atoms with Crippen molar-refractivity contribution in [1.29, 1.82) is 0 Å². The van der Waals surface area contributed by atoms with Gasteiger partial charge in [0.1, 0.15) is 0 Å². The maximum Gasteiger partial charge on any atom is 0.170 e. The number of nitrogens with zero attached hydrogens (tertiary/aromatic N) is 3. The molecule has 0 radical (unpaired) electrons. The molecule has 164 valence electrons. The Kier molecular flexibility index (Phi) is 6.01. The van der Waals surface area contributed by atoms with Crippen LogP contribution in [0.15, 0.2) is 42.6 Å². The van der Waals surface area contributed by atoms with Crippen LogP contribution in [-0.2, 0) is 0 Å². The van der Waals surface area contributed by atoms with Gasteiger partial charge in [-0.2, -0.15) is 0 Å². The zero-order valence-corrected chi connectivity index (χ0v) is 20.5. The third kappa shape index (κ3) is 3.94. The van der Waals surface area contributed by atoms with Crippen molar-refractivity contribution in [2.45, 2.75) is 58.2 Å². The van der Waals surface area contributed by atoms with E-state index in [2.05, 4.69) is 79.1 Å². The molecule has 4 nitrogen and oxygen atoms in total. The van der Waals surface area contributed by atoms with Crippen LogP contribution in [0, 0.1) is 0 Å². The van der Waals surface area contributed by atoms with E-state index < -0.39 is 0 Å². The standard InChI is InChI=1S/C25H31ClN4S/c1-6-7-12-30-23(22(28-24(30)31)20-10-8-9-11-27-20)18-13-17-16(2)15-25(3,4)29(5)21(17)14-19(18)26/h8-11,13-15,22-23H,6-7,12H2,1-5H3,(H,28,31). The molecule has 1 aromatic carbocycles. The summed E-state index contributed by atoms with van der Waals surface area (Å²) in [5.74, 6) is 0. The number of hydrogen-bond donors (Lipinski definition) is 1. The molecule has 2 aromatic rings. The van der Waals surface area contributed by atoms with Gasteiger partial charge in [0, 0.05) is 36.1 Å². The molecule has 0 aliphatic carbocycles. The van der Waals surface area contributed by atoms with E-state index in [1.54, 1.807) is 0 Å². The SMILES string of the molecule is CCCCN1C(=S)NC(c2ccccn2)C1c1cc2c(cc1Cl)N(C)C(C)(C)C=C2C. The summed E-state index contributed by atoms with van der Waals surface area (Å²) in [6.45, 7) is 9.74. The first-order valence-corrected chi connectivity index (χ1v) is 11.8. The Labute approximate surface area is 196 Å². The van der Waals surface area contributed by atoms with E-state index >= 15 is 0 Å². The van der Waals surface area contributed by atoms with E-state index in [1.165, 1.54) is 16.8 Å². The number of aromatic nitrogens is 1. The Balaban J connectivity index is 1.84. The number of anilines is 1. The van der Waals surface area contributed by atoms with E-state index in [0.29, 0.717) is 0 Å². The van der Waals surface area contributed by atoms with Crippen LogP contribution >= 0.6 is 23.8 Å². The van der Waals surface area contributed by atoms with E-state index in [9.17, 15) is 0 Å². The van der Waals surface area contributed by atoms with Gasteiger partial charge in [-0.25, -0.2) is 0 Å². The van der Waals surface area contributed by atoms with Crippen molar-refractivity contribution in [2.75, 3.05) is 18.5 Å². The summed E-state index contributed by atoms with van der Waals surface area (Å²) in [4.78, 5) is 9.23. The molecule has 4 rings (SSSR count). The van der Waals surface area contributed by atoms with Crippen LogP contribution in [0.2, 0.25) is 5.02 Å². The average molecular weight is 455 g/mol. The Morgan fingerprint density at radius 2 is 2.03 bits per heavy atom. The molecule has 1 aromatic heterocycles. The summed E-state index contributed by atoms with van der Waals surface area (Å²) in [5.41, 5.74) is 5.70. The molecule has 0 bridgehead atoms. The number of allylic oxidation sites excluding steroid dienone is 1. The number of likely N-dealkylation sites (N-methyl/N-ethyl adjacent to an activating group) is 1. The van der Waals surface area contributed by atoms with Crippen LogP contribution in [0.5, 0.6) is 0 Å². The Morgan fingerprint density at radius 1 is 1.26 bits per heavy atom. The van der Waals surface area contributed by atoms with Crippen molar-refractivity contribution in [3.63, 3.8) is 0 Å². The van der Waals surface area contributed by atoms with Gasteiger partial charge >= 0.3 is 0 Å². The first-order chi connectivity index (χ1) is 14.7. The van der Waals surface area contributed by atoms with Gasteiger partial charge in [-0.15, -0.1) is 0 Å². The Bertz CT molecular complexity index is 1020. The average Bonchev–Trinajstić information content (AvgIpc) is 3.06. The molecule has 2 unspecified atom stereocenters. The summed E-state index contributed by atoms with van der Waals surface area (Å²) in [6, 6.07) is 10.4. The first-order valence-electron chi connectivity index (χ1n) is 11.0. The van der Waals surface area contributed by atoms with Crippen LogP contribution in [0.1, 0.15) is 69.4 Å². The van der Waals surface area contributed by atoms with Gasteiger partial charge in [-0.05, 0) is 74.8 Å². The monoisotopic (exact) mass is 454 g/mol. The molecule has 6 heteroatoms. The third-order valence-corrected chi connectivity index (χ3v) is 7.28. The summed E-state index contributed by atoms with van der Waals surface area (Å²) in [7, 11) is 2.13. The largest absolute Gasteiger partial charge is 0.365 e. The van der Waals surface area contributed by atoms with Crippen LogP contribution in [0.3, 0.4) is 0 Å². The second kappa shape index (κ2) is 8.44. The van der Waals surface area contributed by atoms with E-state index in [1.807, 2.05) is 18.3 Å². The van der Waals surface area contributed by atoms with Crippen LogP contribution in [0.25, 0.3) is 5.57 Å². The maximum atomic E-state index is 6.98. The molecule has 0 amide bonds. The fraction of sp³-hybridized carbons (Fsp3) is 0.440. The molecule has 1 fully saturated rings. The number of benzene rings is 1. The van der Waals surface area contributed by atoms with Crippen molar-refractivity contribution >= 4 is 40.2 Å². The molecule has 2 atom stereocenters. The van der Waals surface area contributed by atoms with Crippen LogP contribution < -0.4 is 10.2 Å². The van der Waals surface area contributed by atoms with Gasteiger partial charge in [-0.3, -0.25) is 4.98 Å². The van der Waals surface area contributed by atoms with E-state index in [-0.39, 0.29) is 17.6 Å². The molecule has 1 N–H and O–H groups in total. The fourth-order valence-electron chi connectivity index (χ4n) is 4.73. The predicted molar refractivity (Wildman–Crippen MR) is 135 cm³/mol. The lowest BCUT2D eigenvalue weighted by molar-refractivity contribution is 0.313. The Morgan fingerprint density at radius 3 is 2.71 bits per heavy atom. The molecular weight excluding hydrogens is 424 g/mol. The zero-order valence-electron chi connectivity index (χ0n) is 18.9. The van der Waals surface area contributed by atoms with Gasteiger partial charge in [0.2, 0.25) is 0 Å². The van der Waals surface area contributed by atoms with Crippen molar-refractivity contribution < 1.29 is 0 Å². The molecule has 2 aliphatic rings. The van der Waals surface area contributed by atoms with E-state index in [0.717, 1.165) is 40.8 Å². The number of rotatable bonds is 5. The number of halogens is 1. The molecular formula is C25H31ClN4S. The molecule has 0 saturated carbocycles. The lowest BCUT2D eigenvalue weighted by Crippen LogP contribution is -2.42. The van der Waals surface area contributed by atoms with Gasteiger partial charge in [0.15, 0.2) is 5.11 Å². The smallest absolute Gasteiger partial charge is 0.170 e. The molecule has 0 spiro atoms. The Hall–Kier alpha value is -2.11. The van der Waals surface area contributed by atoms with Gasteiger partial charge in [-0.1, -0.05) is 37.1 Å². The topological polar surface area (TPSA) is 31.4 Å². The number of nitrogens with one attached hydrogen (secondary N) is 1. The minimum atomic E-state index is -0.0535. The number of hydrogen-bond acceptors (Lipinski definition) is 3.